The zero-order valence-electron chi connectivity index (χ0n) is 15.5. The third-order valence-electron chi connectivity index (χ3n) is 4.67. The number of aromatic nitrogens is 3. The van der Waals surface area contributed by atoms with E-state index in [1.54, 1.807) is 35.8 Å². The van der Waals surface area contributed by atoms with Crippen molar-refractivity contribution in [2.75, 3.05) is 13.2 Å². The van der Waals surface area contributed by atoms with E-state index in [9.17, 15) is 9.90 Å². The summed E-state index contributed by atoms with van der Waals surface area (Å²) >= 11 is 0. The van der Waals surface area contributed by atoms with Crippen molar-refractivity contribution < 1.29 is 14.6 Å². The van der Waals surface area contributed by atoms with Crippen LogP contribution in [0.3, 0.4) is 0 Å². The van der Waals surface area contributed by atoms with E-state index in [0.717, 1.165) is 23.1 Å². The highest BCUT2D eigenvalue weighted by Gasteiger charge is 2.24. The van der Waals surface area contributed by atoms with Crippen LogP contribution >= 0.6 is 0 Å². The van der Waals surface area contributed by atoms with E-state index in [1.165, 1.54) is 0 Å². The average Bonchev–Trinajstić information content (AvgIpc) is 2.97. The predicted molar refractivity (Wildman–Crippen MR) is 103 cm³/mol. The van der Waals surface area contributed by atoms with Crippen molar-refractivity contribution in [2.24, 2.45) is 0 Å². The minimum Gasteiger partial charge on any atom is -0.504 e. The van der Waals surface area contributed by atoms with Crippen LogP contribution in [0.15, 0.2) is 49.1 Å². The lowest BCUT2D eigenvalue weighted by Crippen LogP contribution is -2.32. The second-order valence-electron chi connectivity index (χ2n) is 6.54. The second-order valence-corrected chi connectivity index (χ2v) is 6.54. The number of aryl methyl sites for hydroxylation is 1. The Hall–Kier alpha value is -3.48. The number of hydrogen-bond donors (Lipinski definition) is 1. The lowest BCUT2D eigenvalue weighted by molar-refractivity contribution is 0.0732. The van der Waals surface area contributed by atoms with Crippen LogP contribution in [0.2, 0.25) is 0 Å². The van der Waals surface area contributed by atoms with Gasteiger partial charge in [-0.15, -0.1) is 0 Å². The molecule has 142 valence electrons. The third kappa shape index (κ3) is 3.51. The summed E-state index contributed by atoms with van der Waals surface area (Å²) in [6, 6.07) is 7.34. The maximum absolute atomic E-state index is 12.9. The van der Waals surface area contributed by atoms with E-state index in [4.69, 9.17) is 4.74 Å². The van der Waals surface area contributed by atoms with Crippen molar-refractivity contribution in [2.45, 2.75) is 19.9 Å². The molecular weight excluding hydrogens is 356 g/mol. The third-order valence-corrected chi connectivity index (χ3v) is 4.67. The Kier molecular flexibility index (Phi) is 4.89. The summed E-state index contributed by atoms with van der Waals surface area (Å²) in [7, 11) is 0. The summed E-state index contributed by atoms with van der Waals surface area (Å²) in [5, 5.41) is 10.5. The number of aromatic hydroxyl groups is 1. The molecule has 1 N–H and O–H groups in total. The van der Waals surface area contributed by atoms with Crippen molar-refractivity contribution in [1.82, 2.24) is 19.9 Å². The summed E-state index contributed by atoms with van der Waals surface area (Å²) in [6.45, 7) is 2.99. The molecule has 1 aromatic carbocycles. The molecule has 0 unspecified atom stereocenters. The molecule has 0 radical (unpaired) electrons. The minimum atomic E-state index is -0.162. The first kappa shape index (κ1) is 17.9. The van der Waals surface area contributed by atoms with Crippen molar-refractivity contribution in [3.05, 3.63) is 66.0 Å². The molecule has 3 aromatic rings. The number of hydrogen-bond acceptors (Lipinski definition) is 6. The first-order valence-corrected chi connectivity index (χ1v) is 9.15. The highest BCUT2D eigenvalue weighted by molar-refractivity contribution is 5.93. The van der Waals surface area contributed by atoms with Crippen LogP contribution in [0.5, 0.6) is 11.5 Å². The van der Waals surface area contributed by atoms with Gasteiger partial charge in [-0.25, -0.2) is 9.97 Å². The van der Waals surface area contributed by atoms with Gasteiger partial charge in [-0.05, 0) is 23.8 Å². The van der Waals surface area contributed by atoms with E-state index in [0.29, 0.717) is 36.8 Å². The summed E-state index contributed by atoms with van der Waals surface area (Å²) < 4.78 is 5.73. The van der Waals surface area contributed by atoms with Gasteiger partial charge in [0, 0.05) is 48.9 Å². The maximum atomic E-state index is 12.9. The second kappa shape index (κ2) is 7.64. The molecule has 2 aromatic heterocycles. The lowest BCUT2D eigenvalue weighted by atomic mass is 10.0. The monoisotopic (exact) mass is 376 g/mol. The quantitative estimate of drug-likeness (QED) is 0.756. The number of nitrogens with zero attached hydrogens (tertiary/aromatic N) is 4. The van der Waals surface area contributed by atoms with E-state index in [2.05, 4.69) is 15.0 Å². The SMILES string of the molecule is CCc1ncc(C(=O)N2CCOc3c(O)cc(-c4cccnc4)cc3C2)cn1. The predicted octanol–water partition coefficient (Wildman–Crippen LogP) is 2.84. The molecule has 0 saturated carbocycles. The van der Waals surface area contributed by atoms with Crippen LogP contribution in [0.1, 0.15) is 28.7 Å². The number of phenolic OH excluding ortho intramolecular Hbond substituents is 1. The van der Waals surface area contributed by atoms with Gasteiger partial charge >= 0.3 is 0 Å². The summed E-state index contributed by atoms with van der Waals surface area (Å²) in [5.41, 5.74) is 2.88. The molecule has 1 aliphatic rings. The zero-order chi connectivity index (χ0) is 19.5. The van der Waals surface area contributed by atoms with E-state index in [1.807, 2.05) is 25.1 Å². The van der Waals surface area contributed by atoms with Gasteiger partial charge in [0.2, 0.25) is 0 Å². The summed E-state index contributed by atoms with van der Waals surface area (Å²) in [6.07, 6.45) is 7.26. The normalized spacial score (nSPS) is 13.4. The number of pyridine rings is 1. The molecule has 0 aliphatic carbocycles. The van der Waals surface area contributed by atoms with E-state index >= 15 is 0 Å². The molecule has 7 heteroatoms. The van der Waals surface area contributed by atoms with Crippen LogP contribution in [0.4, 0.5) is 0 Å². The smallest absolute Gasteiger partial charge is 0.257 e. The molecule has 4 rings (SSSR count). The average molecular weight is 376 g/mol. The van der Waals surface area contributed by atoms with E-state index in [-0.39, 0.29) is 11.7 Å². The first-order chi connectivity index (χ1) is 13.7. The Morgan fingerprint density at radius 1 is 1.21 bits per heavy atom. The van der Waals surface area contributed by atoms with Crippen molar-refractivity contribution in [1.29, 1.82) is 0 Å². The van der Waals surface area contributed by atoms with Crippen LogP contribution < -0.4 is 4.74 Å². The van der Waals surface area contributed by atoms with Crippen LogP contribution in [-0.2, 0) is 13.0 Å². The Labute approximate surface area is 162 Å². The molecule has 0 bridgehead atoms. The molecule has 0 atom stereocenters. The minimum absolute atomic E-state index is 0.0567. The fourth-order valence-corrected chi connectivity index (χ4v) is 3.20. The van der Waals surface area contributed by atoms with Crippen LogP contribution in [-0.4, -0.2) is 44.0 Å². The van der Waals surface area contributed by atoms with Crippen molar-refractivity contribution in [3.8, 4) is 22.6 Å². The Balaban J connectivity index is 1.65. The lowest BCUT2D eigenvalue weighted by Gasteiger charge is -2.20. The standard InChI is InChI=1S/C21H20N4O3/c1-2-19-23-11-17(12-24-19)21(27)25-6-7-28-20-16(13-25)8-15(9-18(20)26)14-4-3-5-22-10-14/h3-5,8-12,26H,2,6-7,13H2,1H3. The molecule has 0 fully saturated rings. The van der Waals surface area contributed by atoms with Crippen LogP contribution in [0.25, 0.3) is 11.1 Å². The summed E-state index contributed by atoms with van der Waals surface area (Å²) in [4.78, 5) is 27.2. The number of fused-ring (bicyclic) bond motifs is 1. The van der Waals surface area contributed by atoms with Crippen molar-refractivity contribution in [3.63, 3.8) is 0 Å². The molecule has 0 spiro atoms. The van der Waals surface area contributed by atoms with Gasteiger partial charge in [-0.1, -0.05) is 13.0 Å². The Morgan fingerprint density at radius 3 is 2.75 bits per heavy atom. The number of rotatable bonds is 3. The number of phenols is 1. The largest absolute Gasteiger partial charge is 0.504 e. The first-order valence-electron chi connectivity index (χ1n) is 9.15. The number of benzene rings is 1. The maximum Gasteiger partial charge on any atom is 0.257 e. The number of carbonyl (C=O) groups excluding carboxylic acids is 1. The molecular formula is C21H20N4O3. The number of carbonyl (C=O) groups is 1. The van der Waals surface area contributed by atoms with Gasteiger partial charge in [0.1, 0.15) is 12.4 Å². The van der Waals surface area contributed by atoms with E-state index < -0.39 is 0 Å². The Morgan fingerprint density at radius 2 is 2.04 bits per heavy atom. The zero-order valence-corrected chi connectivity index (χ0v) is 15.5. The molecule has 7 nitrogen and oxygen atoms in total. The van der Waals surface area contributed by atoms with Crippen LogP contribution in [0, 0.1) is 0 Å². The summed E-state index contributed by atoms with van der Waals surface area (Å²) in [5.74, 6) is 1.01. The van der Waals surface area contributed by atoms with Gasteiger partial charge in [0.25, 0.3) is 5.91 Å². The fraction of sp³-hybridized carbons (Fsp3) is 0.238. The number of amides is 1. The van der Waals surface area contributed by atoms with Gasteiger partial charge in [-0.2, -0.15) is 0 Å². The molecule has 28 heavy (non-hydrogen) atoms. The van der Waals surface area contributed by atoms with Crippen molar-refractivity contribution >= 4 is 5.91 Å². The fourth-order valence-electron chi connectivity index (χ4n) is 3.20. The highest BCUT2D eigenvalue weighted by atomic mass is 16.5. The molecule has 1 aliphatic heterocycles. The van der Waals surface area contributed by atoms with Gasteiger partial charge in [0.15, 0.2) is 11.5 Å². The van der Waals surface area contributed by atoms with Gasteiger partial charge in [-0.3, -0.25) is 9.78 Å². The Bertz CT molecular complexity index is 991. The molecule has 1 amide bonds. The number of ether oxygens (including phenoxy) is 1. The van der Waals surface area contributed by atoms with Gasteiger partial charge in [0.05, 0.1) is 12.1 Å². The molecule has 3 heterocycles. The highest BCUT2D eigenvalue weighted by Crippen LogP contribution is 2.37. The van der Waals surface area contributed by atoms with Gasteiger partial charge < -0.3 is 14.7 Å². The molecule has 0 saturated heterocycles. The topological polar surface area (TPSA) is 88.4 Å².